The van der Waals surface area contributed by atoms with E-state index in [0.717, 1.165) is 33.2 Å². The van der Waals surface area contributed by atoms with Crippen molar-refractivity contribution in [2.45, 2.75) is 24.3 Å². The van der Waals surface area contributed by atoms with Crippen molar-refractivity contribution in [3.63, 3.8) is 0 Å². The molecule has 4 aromatic rings. The summed E-state index contributed by atoms with van der Waals surface area (Å²) >= 11 is 7.54. The Morgan fingerprint density at radius 3 is 2.58 bits per heavy atom. The summed E-state index contributed by atoms with van der Waals surface area (Å²) in [6.07, 6.45) is 5.89. The molecule has 0 radical (unpaired) electrons. The normalized spacial score (nSPS) is 10.9. The molecule has 0 spiro atoms. The Balaban J connectivity index is 1.35. The van der Waals surface area contributed by atoms with Gasteiger partial charge in [0.05, 0.1) is 6.20 Å². The molecule has 0 atom stereocenters. The minimum atomic E-state index is -0.216. The van der Waals surface area contributed by atoms with Crippen LogP contribution >= 0.6 is 23.4 Å². The molecule has 0 aliphatic rings. The first-order chi connectivity index (χ1) is 15.0. The monoisotopic (exact) mass is 452 g/mol. The fraction of sp³-hybridized carbons (Fsp3) is 0.174. The van der Waals surface area contributed by atoms with E-state index in [9.17, 15) is 4.79 Å². The zero-order chi connectivity index (χ0) is 21.8. The van der Waals surface area contributed by atoms with Crippen molar-refractivity contribution in [1.82, 2.24) is 19.7 Å². The van der Waals surface area contributed by atoms with Gasteiger partial charge < -0.3 is 9.72 Å². The molecule has 6 nitrogen and oxygen atoms in total. The number of nitrogens with zero attached hydrogens (tertiary/aromatic N) is 3. The molecule has 0 unspecified atom stereocenters. The minimum absolute atomic E-state index is 0.216. The smallest absolute Gasteiger partial charge is 0.277 e. The Morgan fingerprint density at radius 2 is 1.90 bits per heavy atom. The third kappa shape index (κ3) is 5.57. The first-order valence-electron chi connectivity index (χ1n) is 9.68. The van der Waals surface area contributed by atoms with Crippen LogP contribution in [0.3, 0.4) is 0 Å². The maximum absolute atomic E-state index is 12.3. The Labute approximate surface area is 189 Å². The second-order valence-corrected chi connectivity index (χ2v) is 8.55. The van der Waals surface area contributed by atoms with Crippen LogP contribution in [0.5, 0.6) is 11.5 Å². The second kappa shape index (κ2) is 9.41. The number of hydrogen-bond acceptors (Lipinski definition) is 5. The number of halogens is 1. The molecule has 8 heteroatoms. The van der Waals surface area contributed by atoms with Gasteiger partial charge in [0.15, 0.2) is 5.16 Å². The van der Waals surface area contributed by atoms with Crippen LogP contribution in [0.2, 0.25) is 5.02 Å². The largest absolute Gasteiger partial charge is 0.457 e. The van der Waals surface area contributed by atoms with Crippen LogP contribution in [0, 0.1) is 6.92 Å². The van der Waals surface area contributed by atoms with Gasteiger partial charge in [-0.2, -0.15) is 10.1 Å². The summed E-state index contributed by atoms with van der Waals surface area (Å²) in [5.74, 6) is 2.18. The number of aromatic amines is 1. The number of aryl methyl sites for hydroxylation is 2. The highest BCUT2D eigenvalue weighted by Crippen LogP contribution is 2.27. The molecule has 0 amide bonds. The summed E-state index contributed by atoms with van der Waals surface area (Å²) in [4.78, 5) is 19.6. The van der Waals surface area contributed by atoms with Crippen LogP contribution in [0.25, 0.3) is 0 Å². The van der Waals surface area contributed by atoms with E-state index < -0.39 is 0 Å². The predicted octanol–water partition coefficient (Wildman–Crippen LogP) is 5.14. The summed E-state index contributed by atoms with van der Waals surface area (Å²) in [7, 11) is 1.85. The lowest BCUT2D eigenvalue weighted by Crippen LogP contribution is -2.14. The standard InChI is InChI=1S/C23H21ClN4O2S/c1-15-9-20(7-8-21(15)24)30-19-5-3-16(4-6-19)14-31-23-25-12-18(22(29)27-23)10-17-11-26-28(2)13-17/h3-9,11-13H,10,14H2,1-2H3,(H,25,27,29). The van der Waals surface area contributed by atoms with Gasteiger partial charge >= 0.3 is 0 Å². The molecule has 31 heavy (non-hydrogen) atoms. The summed E-state index contributed by atoms with van der Waals surface area (Å²) in [5.41, 5.74) is 3.46. The van der Waals surface area contributed by atoms with Crippen LogP contribution in [0.15, 0.2) is 71.0 Å². The van der Waals surface area contributed by atoms with Crippen molar-refractivity contribution >= 4 is 23.4 Å². The number of nitrogens with one attached hydrogen (secondary N) is 1. The number of ether oxygens (including phenoxy) is 1. The molecule has 2 aromatic carbocycles. The first-order valence-corrected chi connectivity index (χ1v) is 11.0. The van der Waals surface area contributed by atoms with Gasteiger partial charge in [-0.3, -0.25) is 9.48 Å². The summed E-state index contributed by atoms with van der Waals surface area (Å²) in [6, 6.07) is 13.4. The van der Waals surface area contributed by atoms with E-state index in [1.165, 1.54) is 11.8 Å². The van der Waals surface area contributed by atoms with E-state index in [2.05, 4.69) is 15.1 Å². The van der Waals surface area contributed by atoms with Gasteiger partial charge in [0, 0.05) is 42.2 Å². The van der Waals surface area contributed by atoms with Gasteiger partial charge in [0.25, 0.3) is 5.56 Å². The molecule has 1 N–H and O–H groups in total. The Bertz CT molecular complexity index is 1250. The SMILES string of the molecule is Cc1cc(Oc2ccc(CSc3nc(=O)c(Cc4cnn(C)c4)c[nH]3)cc2)ccc1Cl. The van der Waals surface area contributed by atoms with Gasteiger partial charge in [-0.25, -0.2) is 0 Å². The van der Waals surface area contributed by atoms with Crippen molar-refractivity contribution in [3.05, 3.63) is 98.7 Å². The lowest BCUT2D eigenvalue weighted by molar-refractivity contribution is 0.482. The van der Waals surface area contributed by atoms with Gasteiger partial charge in [-0.05, 0) is 53.9 Å². The molecule has 0 aliphatic carbocycles. The van der Waals surface area contributed by atoms with Crippen molar-refractivity contribution in [3.8, 4) is 11.5 Å². The third-order valence-electron chi connectivity index (χ3n) is 4.66. The molecule has 0 aliphatic heterocycles. The van der Waals surface area contributed by atoms with E-state index in [1.807, 2.05) is 62.6 Å². The van der Waals surface area contributed by atoms with Crippen LogP contribution in [0.4, 0.5) is 0 Å². The van der Waals surface area contributed by atoms with Crippen molar-refractivity contribution in [1.29, 1.82) is 0 Å². The summed E-state index contributed by atoms with van der Waals surface area (Å²) in [5, 5.41) is 5.44. The quantitative estimate of drug-likeness (QED) is 0.310. The van der Waals surface area contributed by atoms with E-state index in [4.69, 9.17) is 16.3 Å². The predicted molar refractivity (Wildman–Crippen MR) is 123 cm³/mol. The van der Waals surface area contributed by atoms with E-state index in [0.29, 0.717) is 22.9 Å². The van der Waals surface area contributed by atoms with Crippen molar-refractivity contribution in [2.75, 3.05) is 0 Å². The maximum Gasteiger partial charge on any atom is 0.277 e. The molecular weight excluding hydrogens is 432 g/mol. The number of benzene rings is 2. The molecule has 2 heterocycles. The number of rotatable bonds is 7. The van der Waals surface area contributed by atoms with Crippen LogP contribution < -0.4 is 10.3 Å². The molecular formula is C23H21ClN4O2S. The molecule has 0 saturated carbocycles. The van der Waals surface area contributed by atoms with Gasteiger partial charge in [-0.1, -0.05) is 35.5 Å². The van der Waals surface area contributed by atoms with Gasteiger partial charge in [0.2, 0.25) is 0 Å². The van der Waals surface area contributed by atoms with Gasteiger partial charge in [0.1, 0.15) is 11.5 Å². The van der Waals surface area contributed by atoms with E-state index in [-0.39, 0.29) is 5.56 Å². The maximum atomic E-state index is 12.3. The van der Waals surface area contributed by atoms with E-state index in [1.54, 1.807) is 17.1 Å². The van der Waals surface area contributed by atoms with Crippen LogP contribution in [-0.4, -0.2) is 19.7 Å². The number of H-pyrrole nitrogens is 1. The summed E-state index contributed by atoms with van der Waals surface area (Å²) in [6.45, 7) is 1.94. The fourth-order valence-electron chi connectivity index (χ4n) is 3.01. The lowest BCUT2D eigenvalue weighted by Gasteiger charge is -2.08. The zero-order valence-electron chi connectivity index (χ0n) is 17.1. The molecule has 4 rings (SSSR count). The molecule has 0 fully saturated rings. The Hall–Kier alpha value is -3.03. The number of thioether (sulfide) groups is 1. The molecule has 2 aromatic heterocycles. The third-order valence-corrected chi connectivity index (χ3v) is 6.05. The van der Waals surface area contributed by atoms with Crippen molar-refractivity contribution < 1.29 is 4.74 Å². The van der Waals surface area contributed by atoms with Crippen LogP contribution in [0.1, 0.15) is 22.3 Å². The average molecular weight is 453 g/mol. The summed E-state index contributed by atoms with van der Waals surface area (Å²) < 4.78 is 7.60. The number of hydrogen-bond donors (Lipinski definition) is 1. The first kappa shape index (κ1) is 21.2. The minimum Gasteiger partial charge on any atom is -0.457 e. The Morgan fingerprint density at radius 1 is 1.13 bits per heavy atom. The highest BCUT2D eigenvalue weighted by Gasteiger charge is 2.07. The molecule has 0 saturated heterocycles. The van der Waals surface area contributed by atoms with E-state index >= 15 is 0 Å². The topological polar surface area (TPSA) is 72.8 Å². The van der Waals surface area contributed by atoms with Gasteiger partial charge in [-0.15, -0.1) is 0 Å². The Kier molecular flexibility index (Phi) is 6.44. The zero-order valence-corrected chi connectivity index (χ0v) is 18.7. The molecule has 0 bridgehead atoms. The molecule has 158 valence electrons. The highest BCUT2D eigenvalue weighted by atomic mass is 35.5. The lowest BCUT2D eigenvalue weighted by atomic mass is 10.1. The average Bonchev–Trinajstić information content (AvgIpc) is 3.17. The van der Waals surface area contributed by atoms with Crippen LogP contribution in [-0.2, 0) is 19.2 Å². The number of aromatic nitrogens is 4. The fourth-order valence-corrected chi connectivity index (χ4v) is 3.92. The van der Waals surface area contributed by atoms with Crippen molar-refractivity contribution in [2.24, 2.45) is 7.05 Å². The highest BCUT2D eigenvalue weighted by molar-refractivity contribution is 7.98. The second-order valence-electron chi connectivity index (χ2n) is 7.18.